The van der Waals surface area contributed by atoms with E-state index < -0.39 is 10.0 Å². The van der Waals surface area contributed by atoms with Crippen molar-refractivity contribution in [1.29, 1.82) is 0 Å². The highest BCUT2D eigenvalue weighted by molar-refractivity contribution is 7.89. The van der Waals surface area contributed by atoms with Gasteiger partial charge in [0.2, 0.25) is 10.0 Å². The lowest BCUT2D eigenvalue weighted by Crippen LogP contribution is -2.27. The van der Waals surface area contributed by atoms with Crippen LogP contribution in [0, 0.1) is 13.8 Å². The molecular weight excluding hydrogens is 238 g/mol. The summed E-state index contributed by atoms with van der Waals surface area (Å²) in [6.45, 7) is 5.69. The molecule has 1 aromatic rings. The smallest absolute Gasteiger partial charge is 0.243 e. The molecule has 4 nitrogen and oxygen atoms in total. The molecule has 0 fully saturated rings. The molecule has 96 valence electrons. The van der Waals surface area contributed by atoms with Crippen LogP contribution < -0.4 is 0 Å². The van der Waals surface area contributed by atoms with E-state index in [1.165, 1.54) is 4.31 Å². The highest BCUT2D eigenvalue weighted by atomic mass is 32.2. The Hall–Kier alpha value is -0.910. The summed E-state index contributed by atoms with van der Waals surface area (Å²) in [6.07, 6.45) is 0. The monoisotopic (exact) mass is 257 g/mol. The summed E-state index contributed by atoms with van der Waals surface area (Å²) in [7, 11) is -1.90. The van der Waals surface area contributed by atoms with Gasteiger partial charge in [0.25, 0.3) is 0 Å². The van der Waals surface area contributed by atoms with Crippen molar-refractivity contribution in [2.24, 2.45) is 0 Å². The second-order valence-corrected chi connectivity index (χ2v) is 6.13. The Morgan fingerprint density at radius 1 is 1.24 bits per heavy atom. The molecule has 0 aliphatic rings. The zero-order valence-electron chi connectivity index (χ0n) is 10.7. The molecule has 0 saturated heterocycles. The summed E-state index contributed by atoms with van der Waals surface area (Å²) < 4.78 is 25.7. The van der Waals surface area contributed by atoms with Gasteiger partial charge >= 0.3 is 0 Å². The highest BCUT2D eigenvalue weighted by Crippen LogP contribution is 2.23. The van der Waals surface area contributed by atoms with E-state index in [2.05, 4.69) is 0 Å². The van der Waals surface area contributed by atoms with Crippen molar-refractivity contribution >= 4 is 10.0 Å². The number of aryl methyl sites for hydroxylation is 2. The van der Waals surface area contributed by atoms with Crippen LogP contribution >= 0.6 is 0 Å². The third-order valence-corrected chi connectivity index (χ3v) is 5.01. The van der Waals surface area contributed by atoms with E-state index in [4.69, 9.17) is 0 Å². The molecule has 0 unspecified atom stereocenters. The van der Waals surface area contributed by atoms with Crippen LogP contribution in [0.2, 0.25) is 0 Å². The minimum absolute atomic E-state index is 0.148. The van der Waals surface area contributed by atoms with E-state index in [9.17, 15) is 13.5 Å². The Balaban J connectivity index is 3.42. The minimum Gasteiger partial charge on any atom is -0.392 e. The second kappa shape index (κ2) is 5.16. The van der Waals surface area contributed by atoms with Gasteiger partial charge in [-0.1, -0.05) is 13.0 Å². The van der Waals surface area contributed by atoms with Gasteiger partial charge < -0.3 is 5.11 Å². The average Bonchev–Trinajstić information content (AvgIpc) is 2.27. The first-order valence-corrected chi connectivity index (χ1v) is 6.96. The predicted octanol–water partition coefficient (Wildman–Crippen LogP) is 1.44. The fraction of sp³-hybridized carbons (Fsp3) is 0.500. The van der Waals surface area contributed by atoms with Crippen molar-refractivity contribution in [3.8, 4) is 0 Å². The third-order valence-electron chi connectivity index (χ3n) is 2.94. The van der Waals surface area contributed by atoms with E-state index in [0.29, 0.717) is 17.7 Å². The lowest BCUT2D eigenvalue weighted by Gasteiger charge is -2.18. The number of benzene rings is 1. The van der Waals surface area contributed by atoms with Crippen molar-refractivity contribution in [2.75, 3.05) is 13.6 Å². The van der Waals surface area contributed by atoms with Crippen molar-refractivity contribution in [3.05, 3.63) is 28.8 Å². The zero-order valence-corrected chi connectivity index (χ0v) is 11.5. The van der Waals surface area contributed by atoms with Gasteiger partial charge in [0.15, 0.2) is 0 Å². The normalized spacial score (nSPS) is 12.1. The molecular formula is C12H19NO3S. The molecule has 1 rings (SSSR count). The van der Waals surface area contributed by atoms with E-state index in [1.807, 2.05) is 6.92 Å². The van der Waals surface area contributed by atoms with Gasteiger partial charge in [-0.3, -0.25) is 0 Å². The summed E-state index contributed by atoms with van der Waals surface area (Å²) >= 11 is 0. The first-order chi connectivity index (χ1) is 7.84. The van der Waals surface area contributed by atoms with Gasteiger partial charge in [0.05, 0.1) is 11.5 Å². The van der Waals surface area contributed by atoms with Crippen LogP contribution in [0.3, 0.4) is 0 Å². The topological polar surface area (TPSA) is 57.6 Å². The number of sulfonamides is 1. The van der Waals surface area contributed by atoms with Crippen LogP contribution in [0.15, 0.2) is 17.0 Å². The molecule has 5 heteroatoms. The molecule has 0 aliphatic heterocycles. The van der Waals surface area contributed by atoms with Gasteiger partial charge in [0, 0.05) is 13.6 Å². The molecule has 0 spiro atoms. The second-order valence-electron chi connectivity index (χ2n) is 4.12. The van der Waals surface area contributed by atoms with Crippen LogP contribution in [0.4, 0.5) is 0 Å². The van der Waals surface area contributed by atoms with Crippen molar-refractivity contribution in [1.82, 2.24) is 4.31 Å². The number of aliphatic hydroxyl groups is 1. The van der Waals surface area contributed by atoms with Gasteiger partial charge in [-0.2, -0.15) is 0 Å². The van der Waals surface area contributed by atoms with E-state index in [-0.39, 0.29) is 11.5 Å². The van der Waals surface area contributed by atoms with Gasteiger partial charge in [-0.05, 0) is 36.6 Å². The van der Waals surface area contributed by atoms with Gasteiger partial charge in [0.1, 0.15) is 0 Å². The van der Waals surface area contributed by atoms with E-state index >= 15 is 0 Å². The summed E-state index contributed by atoms with van der Waals surface area (Å²) in [6, 6.07) is 3.36. The minimum atomic E-state index is -3.45. The van der Waals surface area contributed by atoms with Crippen LogP contribution in [0.1, 0.15) is 23.6 Å². The molecule has 0 aromatic heterocycles. The Morgan fingerprint density at radius 3 is 2.29 bits per heavy atom. The standard InChI is InChI=1S/C12H19NO3S/c1-5-13(4)17(15,16)12-7-11(8-14)9(2)6-10(12)3/h6-7,14H,5,8H2,1-4H3. The predicted molar refractivity (Wildman–Crippen MR) is 67.3 cm³/mol. The maximum absolute atomic E-state index is 12.2. The Morgan fingerprint density at radius 2 is 1.82 bits per heavy atom. The number of nitrogens with zero attached hydrogens (tertiary/aromatic N) is 1. The highest BCUT2D eigenvalue weighted by Gasteiger charge is 2.22. The first-order valence-electron chi connectivity index (χ1n) is 5.52. The Bertz CT molecular complexity index is 509. The molecule has 0 atom stereocenters. The summed E-state index contributed by atoms with van der Waals surface area (Å²) in [5, 5.41) is 9.19. The lowest BCUT2D eigenvalue weighted by molar-refractivity contribution is 0.280. The fourth-order valence-electron chi connectivity index (χ4n) is 1.66. The average molecular weight is 257 g/mol. The largest absolute Gasteiger partial charge is 0.392 e. The first kappa shape index (κ1) is 14.2. The maximum Gasteiger partial charge on any atom is 0.243 e. The number of rotatable bonds is 4. The summed E-state index contributed by atoms with van der Waals surface area (Å²) in [5.74, 6) is 0. The molecule has 0 bridgehead atoms. The van der Waals surface area contributed by atoms with Crippen LogP contribution in [-0.2, 0) is 16.6 Å². The molecule has 0 heterocycles. The lowest BCUT2D eigenvalue weighted by atomic mass is 10.1. The Kier molecular flexibility index (Phi) is 4.30. The van der Waals surface area contributed by atoms with Crippen LogP contribution in [-0.4, -0.2) is 31.4 Å². The zero-order chi connectivity index (χ0) is 13.2. The number of aliphatic hydroxyl groups excluding tert-OH is 1. The van der Waals surface area contributed by atoms with Crippen molar-refractivity contribution < 1.29 is 13.5 Å². The maximum atomic E-state index is 12.2. The molecule has 1 aromatic carbocycles. The SMILES string of the molecule is CCN(C)S(=O)(=O)c1cc(CO)c(C)cc1C. The molecule has 1 N–H and O–H groups in total. The van der Waals surface area contributed by atoms with E-state index in [0.717, 1.165) is 5.56 Å². The quantitative estimate of drug-likeness (QED) is 0.888. The molecule has 0 amide bonds. The summed E-state index contributed by atoms with van der Waals surface area (Å²) in [5.41, 5.74) is 2.27. The van der Waals surface area contributed by atoms with E-state index in [1.54, 1.807) is 33.0 Å². The molecule has 17 heavy (non-hydrogen) atoms. The van der Waals surface area contributed by atoms with Crippen LogP contribution in [0.25, 0.3) is 0 Å². The molecule has 0 aliphatic carbocycles. The molecule has 0 saturated carbocycles. The third kappa shape index (κ3) is 2.68. The van der Waals surface area contributed by atoms with Gasteiger partial charge in [-0.25, -0.2) is 12.7 Å². The summed E-state index contributed by atoms with van der Waals surface area (Å²) in [4.78, 5) is 0.275. The number of hydrogen-bond donors (Lipinski definition) is 1. The van der Waals surface area contributed by atoms with Crippen LogP contribution in [0.5, 0.6) is 0 Å². The fourth-order valence-corrected chi connectivity index (χ4v) is 3.09. The Labute approximate surface area is 103 Å². The van der Waals surface area contributed by atoms with Crippen molar-refractivity contribution in [2.45, 2.75) is 32.3 Å². The van der Waals surface area contributed by atoms with Gasteiger partial charge in [-0.15, -0.1) is 0 Å². The van der Waals surface area contributed by atoms with Crippen molar-refractivity contribution in [3.63, 3.8) is 0 Å². The number of hydrogen-bond acceptors (Lipinski definition) is 3. The molecule has 0 radical (unpaired) electrons.